The summed E-state index contributed by atoms with van der Waals surface area (Å²) in [6.07, 6.45) is -0.607. The first-order chi connectivity index (χ1) is 9.33. The summed E-state index contributed by atoms with van der Waals surface area (Å²) in [5.74, 6) is -0.335. The molecule has 110 valence electrons. The van der Waals surface area contributed by atoms with Gasteiger partial charge in [-0.25, -0.2) is 4.79 Å². The second kappa shape index (κ2) is 6.91. The monoisotopic (exact) mass is 280 g/mol. The number of hydrogen-bond acceptors (Lipinski definition) is 4. The van der Waals surface area contributed by atoms with Crippen molar-refractivity contribution in [3.63, 3.8) is 0 Å². The second-order valence-corrected chi connectivity index (χ2v) is 5.11. The predicted octanol–water partition coefficient (Wildman–Crippen LogP) is 2.37. The molecule has 1 aromatic carbocycles. The molecule has 0 aliphatic heterocycles. The fourth-order valence-electron chi connectivity index (χ4n) is 1.44. The summed E-state index contributed by atoms with van der Waals surface area (Å²) in [5.41, 5.74) is 0.128. The Labute approximate surface area is 118 Å². The van der Waals surface area contributed by atoms with Gasteiger partial charge < -0.3 is 14.8 Å². The number of para-hydroxylation sites is 1. The second-order valence-electron chi connectivity index (χ2n) is 5.11. The van der Waals surface area contributed by atoms with Crippen LogP contribution in [0.25, 0.3) is 0 Å². The first-order valence-corrected chi connectivity index (χ1v) is 6.19. The number of rotatable bonds is 4. The number of methoxy groups -OCH3 is 1. The summed E-state index contributed by atoms with van der Waals surface area (Å²) in [6.45, 7) is 5.40. The smallest absolute Gasteiger partial charge is 0.412 e. The van der Waals surface area contributed by atoms with Crippen molar-refractivity contribution in [2.24, 2.45) is 0 Å². The van der Waals surface area contributed by atoms with Crippen LogP contribution in [0.1, 0.15) is 31.1 Å². The number of ether oxygens (including phenoxy) is 2. The first kappa shape index (κ1) is 16.0. The topological polar surface area (TPSA) is 76.7 Å². The number of hydrogen-bond donors (Lipinski definition) is 2. The molecule has 0 saturated carbocycles. The molecule has 0 heterocycles. The molecule has 0 spiro atoms. The van der Waals surface area contributed by atoms with Crippen molar-refractivity contribution in [2.75, 3.05) is 19.2 Å². The average Bonchev–Trinajstić information content (AvgIpc) is 2.34. The molecule has 0 unspecified atom stereocenters. The van der Waals surface area contributed by atoms with Gasteiger partial charge in [0.15, 0.2) is 0 Å². The Balaban J connectivity index is 2.80. The Morgan fingerprint density at radius 2 is 1.85 bits per heavy atom. The lowest BCUT2D eigenvalue weighted by molar-refractivity contribution is 0.0636. The first-order valence-electron chi connectivity index (χ1n) is 6.19. The maximum atomic E-state index is 11.9. The van der Waals surface area contributed by atoms with Crippen LogP contribution in [0.3, 0.4) is 0 Å². The molecule has 2 N–H and O–H groups in total. The van der Waals surface area contributed by atoms with E-state index in [4.69, 9.17) is 9.47 Å². The zero-order chi connectivity index (χ0) is 15.2. The third-order valence-electron chi connectivity index (χ3n) is 2.18. The predicted molar refractivity (Wildman–Crippen MR) is 75.6 cm³/mol. The maximum Gasteiger partial charge on any atom is 0.412 e. The Morgan fingerprint density at radius 3 is 2.45 bits per heavy atom. The summed E-state index contributed by atoms with van der Waals surface area (Å²) in [4.78, 5) is 23.6. The molecule has 0 saturated heterocycles. The lowest BCUT2D eigenvalue weighted by Crippen LogP contribution is -2.29. The number of anilines is 1. The molecule has 1 aromatic rings. The molecule has 6 heteroatoms. The van der Waals surface area contributed by atoms with Crippen LogP contribution >= 0.6 is 0 Å². The molecule has 2 amide bonds. The van der Waals surface area contributed by atoms with Gasteiger partial charge in [0.1, 0.15) is 12.3 Å². The van der Waals surface area contributed by atoms with Crippen molar-refractivity contribution in [1.82, 2.24) is 5.32 Å². The Bertz CT molecular complexity index is 480. The van der Waals surface area contributed by atoms with E-state index in [1.54, 1.807) is 45.0 Å². The fraction of sp³-hybridized carbons (Fsp3) is 0.429. The van der Waals surface area contributed by atoms with Gasteiger partial charge in [-0.1, -0.05) is 12.1 Å². The van der Waals surface area contributed by atoms with Crippen molar-refractivity contribution in [3.8, 4) is 0 Å². The van der Waals surface area contributed by atoms with Crippen LogP contribution in [0.5, 0.6) is 0 Å². The number of carbonyl (C=O) groups excluding carboxylic acids is 2. The highest BCUT2D eigenvalue weighted by Gasteiger charge is 2.18. The van der Waals surface area contributed by atoms with Gasteiger partial charge in [-0.05, 0) is 32.9 Å². The number of amides is 2. The largest absolute Gasteiger partial charge is 0.444 e. The molecule has 0 aliphatic rings. The molecule has 6 nitrogen and oxygen atoms in total. The van der Waals surface area contributed by atoms with Crippen molar-refractivity contribution >= 4 is 17.7 Å². The van der Waals surface area contributed by atoms with Crippen LogP contribution in [0.4, 0.5) is 10.5 Å². The quantitative estimate of drug-likeness (QED) is 0.830. The third kappa shape index (κ3) is 5.27. The maximum absolute atomic E-state index is 11.9. The van der Waals surface area contributed by atoms with Crippen molar-refractivity contribution in [2.45, 2.75) is 26.4 Å². The van der Waals surface area contributed by atoms with E-state index in [1.165, 1.54) is 7.11 Å². The van der Waals surface area contributed by atoms with Gasteiger partial charge in [0.05, 0.1) is 11.3 Å². The van der Waals surface area contributed by atoms with Gasteiger partial charge >= 0.3 is 6.09 Å². The summed E-state index contributed by atoms with van der Waals surface area (Å²) in [6, 6.07) is 6.67. The molecule has 20 heavy (non-hydrogen) atoms. The van der Waals surface area contributed by atoms with E-state index in [9.17, 15) is 9.59 Å². The zero-order valence-electron chi connectivity index (χ0n) is 12.1. The van der Waals surface area contributed by atoms with Crippen molar-refractivity contribution in [3.05, 3.63) is 29.8 Å². The molecule has 0 radical (unpaired) electrons. The van der Waals surface area contributed by atoms with Gasteiger partial charge in [-0.2, -0.15) is 0 Å². The van der Waals surface area contributed by atoms with Crippen LogP contribution in [0, 0.1) is 0 Å². The normalized spacial score (nSPS) is 10.8. The molecule has 1 rings (SSSR count). The standard InChI is InChI=1S/C14H20N2O4/c1-14(2,3)20-13(18)16-11-8-6-5-7-10(11)12(17)15-9-19-4/h5-8H,9H2,1-4H3,(H,15,17)(H,16,18). The molecule has 0 aliphatic carbocycles. The van der Waals surface area contributed by atoms with Crippen LogP contribution in [-0.4, -0.2) is 31.4 Å². The van der Waals surface area contributed by atoms with E-state index in [0.717, 1.165) is 0 Å². The molecule has 0 aromatic heterocycles. The third-order valence-corrected chi connectivity index (χ3v) is 2.18. The van der Waals surface area contributed by atoms with Gasteiger partial charge in [-0.3, -0.25) is 10.1 Å². The van der Waals surface area contributed by atoms with E-state index in [0.29, 0.717) is 11.3 Å². The molecular formula is C14H20N2O4. The average molecular weight is 280 g/mol. The SMILES string of the molecule is COCNC(=O)c1ccccc1NC(=O)OC(C)(C)C. The minimum atomic E-state index is -0.607. The molecule has 0 bridgehead atoms. The molecule has 0 fully saturated rings. The van der Waals surface area contributed by atoms with Crippen LogP contribution in [0.15, 0.2) is 24.3 Å². The summed E-state index contributed by atoms with van der Waals surface area (Å²) < 4.78 is 9.93. The highest BCUT2D eigenvalue weighted by Crippen LogP contribution is 2.16. The minimum Gasteiger partial charge on any atom is -0.444 e. The van der Waals surface area contributed by atoms with Crippen LogP contribution in [-0.2, 0) is 9.47 Å². The van der Waals surface area contributed by atoms with E-state index in [2.05, 4.69) is 10.6 Å². The highest BCUT2D eigenvalue weighted by atomic mass is 16.6. The minimum absolute atomic E-state index is 0.0968. The van der Waals surface area contributed by atoms with Crippen molar-refractivity contribution < 1.29 is 19.1 Å². The summed E-state index contributed by atoms with van der Waals surface area (Å²) in [7, 11) is 1.48. The Kier molecular flexibility index (Phi) is 5.52. The van der Waals surface area contributed by atoms with Gasteiger partial charge in [0.2, 0.25) is 0 Å². The lowest BCUT2D eigenvalue weighted by Gasteiger charge is -2.20. The zero-order valence-corrected chi connectivity index (χ0v) is 12.1. The molecular weight excluding hydrogens is 260 g/mol. The van der Waals surface area contributed by atoms with Crippen LogP contribution < -0.4 is 10.6 Å². The van der Waals surface area contributed by atoms with E-state index < -0.39 is 11.7 Å². The van der Waals surface area contributed by atoms with Crippen molar-refractivity contribution in [1.29, 1.82) is 0 Å². The fourth-order valence-corrected chi connectivity index (χ4v) is 1.44. The highest BCUT2D eigenvalue weighted by molar-refractivity contribution is 6.02. The number of carbonyl (C=O) groups is 2. The Morgan fingerprint density at radius 1 is 1.20 bits per heavy atom. The van der Waals surface area contributed by atoms with Gasteiger partial charge in [0, 0.05) is 7.11 Å². The van der Waals surface area contributed by atoms with E-state index >= 15 is 0 Å². The van der Waals surface area contributed by atoms with E-state index in [1.807, 2.05) is 0 Å². The van der Waals surface area contributed by atoms with Gasteiger partial charge in [-0.15, -0.1) is 0 Å². The summed E-state index contributed by atoms with van der Waals surface area (Å²) >= 11 is 0. The van der Waals surface area contributed by atoms with Gasteiger partial charge in [0.25, 0.3) is 5.91 Å². The molecule has 0 atom stereocenters. The van der Waals surface area contributed by atoms with Crippen LogP contribution in [0.2, 0.25) is 0 Å². The van der Waals surface area contributed by atoms with E-state index in [-0.39, 0.29) is 12.6 Å². The number of nitrogens with one attached hydrogen (secondary N) is 2. The summed E-state index contributed by atoms with van der Waals surface area (Å²) in [5, 5.41) is 5.12. The number of benzene rings is 1. The Hall–Kier alpha value is -2.08. The lowest BCUT2D eigenvalue weighted by atomic mass is 10.1.